The molecule has 28 heavy (non-hydrogen) atoms. The third-order valence-corrected chi connectivity index (χ3v) is 7.10. The molecular formula is C23H34O5. The molecule has 0 amide bonds. The number of carbonyl (C=O) groups excluding carboxylic acids is 3. The quantitative estimate of drug-likeness (QED) is 0.382. The first-order valence-corrected chi connectivity index (χ1v) is 10.1. The van der Waals surface area contributed by atoms with Crippen LogP contribution in [0.3, 0.4) is 0 Å². The Morgan fingerprint density at radius 3 is 2.54 bits per heavy atom. The van der Waals surface area contributed by atoms with Crippen LogP contribution in [0.5, 0.6) is 0 Å². The SMILES string of the molecule is C=C1CC[C@H]2[C@](C)(CCC(=O)[C@@]2(C)COC(C)=O)[C@H]1CC/C(C)=C/C(=O)OC. The minimum atomic E-state index is -0.644. The summed E-state index contributed by atoms with van der Waals surface area (Å²) in [6.45, 7) is 12.1. The maximum absolute atomic E-state index is 12.9. The Kier molecular flexibility index (Phi) is 6.89. The zero-order chi connectivity index (χ0) is 21.1. The van der Waals surface area contributed by atoms with Crippen LogP contribution in [-0.4, -0.2) is 31.4 Å². The van der Waals surface area contributed by atoms with Crippen molar-refractivity contribution in [2.45, 2.75) is 66.2 Å². The van der Waals surface area contributed by atoms with Gasteiger partial charge < -0.3 is 9.47 Å². The van der Waals surface area contributed by atoms with Crippen molar-refractivity contribution in [2.24, 2.45) is 22.7 Å². The largest absolute Gasteiger partial charge is 0.466 e. The summed E-state index contributed by atoms with van der Waals surface area (Å²) in [4.78, 5) is 35.7. The molecular weight excluding hydrogens is 356 g/mol. The van der Waals surface area contributed by atoms with Crippen LogP contribution in [0.15, 0.2) is 23.8 Å². The second-order valence-corrected chi connectivity index (χ2v) is 8.98. The molecule has 0 aromatic rings. The predicted molar refractivity (Wildman–Crippen MR) is 107 cm³/mol. The highest BCUT2D eigenvalue weighted by Gasteiger charge is 2.58. The molecule has 0 unspecified atom stereocenters. The van der Waals surface area contributed by atoms with E-state index in [2.05, 4.69) is 13.5 Å². The summed E-state index contributed by atoms with van der Waals surface area (Å²) in [7, 11) is 1.38. The Labute approximate surface area is 168 Å². The third kappa shape index (κ3) is 4.39. The van der Waals surface area contributed by atoms with E-state index in [1.807, 2.05) is 13.8 Å². The molecule has 0 bridgehead atoms. The molecule has 0 saturated heterocycles. The van der Waals surface area contributed by atoms with Crippen LogP contribution in [0.25, 0.3) is 0 Å². The number of Topliss-reactive ketones (excluding diaryl/α,β-unsaturated/α-hetero) is 1. The van der Waals surface area contributed by atoms with E-state index in [-0.39, 0.29) is 41.6 Å². The van der Waals surface area contributed by atoms with Crippen molar-refractivity contribution in [1.29, 1.82) is 0 Å². The Hall–Kier alpha value is -1.91. The average molecular weight is 391 g/mol. The highest BCUT2D eigenvalue weighted by molar-refractivity contribution is 5.86. The van der Waals surface area contributed by atoms with E-state index in [4.69, 9.17) is 9.47 Å². The summed E-state index contributed by atoms with van der Waals surface area (Å²) < 4.78 is 10.0. The first-order chi connectivity index (χ1) is 13.0. The number of fused-ring (bicyclic) bond motifs is 1. The predicted octanol–water partition coefficient (Wildman–Crippen LogP) is 4.41. The van der Waals surface area contributed by atoms with E-state index < -0.39 is 5.41 Å². The zero-order valence-electron chi connectivity index (χ0n) is 17.9. The van der Waals surface area contributed by atoms with Gasteiger partial charge in [0.05, 0.1) is 12.5 Å². The molecule has 0 aromatic carbocycles. The highest BCUT2D eigenvalue weighted by atomic mass is 16.5. The van der Waals surface area contributed by atoms with Crippen molar-refractivity contribution in [2.75, 3.05) is 13.7 Å². The molecule has 2 rings (SSSR count). The Balaban J connectivity index is 2.25. The van der Waals surface area contributed by atoms with Crippen molar-refractivity contribution in [3.8, 4) is 0 Å². The fraction of sp³-hybridized carbons (Fsp3) is 0.696. The summed E-state index contributed by atoms with van der Waals surface area (Å²) in [5.74, 6) is -0.0508. The van der Waals surface area contributed by atoms with Gasteiger partial charge in [-0.3, -0.25) is 9.59 Å². The third-order valence-electron chi connectivity index (χ3n) is 7.10. The molecule has 0 N–H and O–H groups in total. The molecule has 0 aliphatic heterocycles. The maximum atomic E-state index is 12.9. The molecule has 4 atom stereocenters. The number of methoxy groups -OCH3 is 1. The van der Waals surface area contributed by atoms with Gasteiger partial charge in [-0.15, -0.1) is 0 Å². The number of rotatable bonds is 6. The molecule has 0 heterocycles. The fourth-order valence-corrected chi connectivity index (χ4v) is 5.47. The molecule has 5 heteroatoms. The van der Waals surface area contributed by atoms with Gasteiger partial charge in [-0.2, -0.15) is 0 Å². The smallest absolute Gasteiger partial charge is 0.330 e. The zero-order valence-corrected chi connectivity index (χ0v) is 17.9. The van der Waals surface area contributed by atoms with Gasteiger partial charge in [-0.05, 0) is 63.2 Å². The van der Waals surface area contributed by atoms with Crippen molar-refractivity contribution in [1.82, 2.24) is 0 Å². The molecule has 2 aliphatic carbocycles. The summed E-state index contributed by atoms with van der Waals surface area (Å²) in [6.07, 6.45) is 6.33. The van der Waals surface area contributed by atoms with Crippen LogP contribution in [0, 0.1) is 22.7 Å². The van der Waals surface area contributed by atoms with E-state index >= 15 is 0 Å². The number of esters is 2. The van der Waals surface area contributed by atoms with Gasteiger partial charge in [0.25, 0.3) is 0 Å². The standard InChI is InChI=1S/C23H34O5/c1-15(13-21(26)27-6)7-9-18-16(2)8-10-19-22(18,4)12-11-20(25)23(19,5)14-28-17(3)24/h13,18-19H,2,7-12,14H2,1,3-6H3/b15-13+/t18-,19-,22+,23-/m0/s1. The van der Waals surface area contributed by atoms with Gasteiger partial charge in [0, 0.05) is 19.4 Å². The first kappa shape index (κ1) is 22.4. The molecule has 2 aliphatic rings. The summed E-state index contributed by atoms with van der Waals surface area (Å²) in [6, 6.07) is 0. The number of allylic oxidation sites excluding steroid dienone is 2. The van der Waals surface area contributed by atoms with Gasteiger partial charge in [0.1, 0.15) is 12.4 Å². The van der Waals surface area contributed by atoms with Gasteiger partial charge in [0.2, 0.25) is 0 Å². The number of hydrogen-bond donors (Lipinski definition) is 0. The van der Waals surface area contributed by atoms with Crippen molar-refractivity contribution >= 4 is 17.7 Å². The Bertz CT molecular complexity index is 691. The molecule has 2 fully saturated rings. The molecule has 0 aromatic heterocycles. The lowest BCUT2D eigenvalue weighted by Gasteiger charge is -2.57. The average Bonchev–Trinajstić information content (AvgIpc) is 2.63. The van der Waals surface area contributed by atoms with E-state index in [1.165, 1.54) is 19.6 Å². The summed E-state index contributed by atoms with van der Waals surface area (Å²) in [5, 5.41) is 0. The molecule has 0 radical (unpaired) electrons. The highest BCUT2D eigenvalue weighted by Crippen LogP contribution is 2.61. The molecule has 5 nitrogen and oxygen atoms in total. The van der Waals surface area contributed by atoms with E-state index in [0.29, 0.717) is 6.42 Å². The Morgan fingerprint density at radius 1 is 1.25 bits per heavy atom. The second-order valence-electron chi connectivity index (χ2n) is 8.98. The lowest BCUT2D eigenvalue weighted by Crippen LogP contribution is -2.56. The van der Waals surface area contributed by atoms with Crippen LogP contribution in [0.4, 0.5) is 0 Å². The monoisotopic (exact) mass is 390 g/mol. The first-order valence-electron chi connectivity index (χ1n) is 10.1. The van der Waals surface area contributed by atoms with Crippen LogP contribution >= 0.6 is 0 Å². The van der Waals surface area contributed by atoms with Gasteiger partial charge in [-0.25, -0.2) is 4.79 Å². The van der Waals surface area contributed by atoms with Crippen molar-refractivity contribution in [3.05, 3.63) is 23.8 Å². The van der Waals surface area contributed by atoms with Crippen LogP contribution in [-0.2, 0) is 23.9 Å². The molecule has 156 valence electrons. The van der Waals surface area contributed by atoms with Gasteiger partial charge >= 0.3 is 11.9 Å². The summed E-state index contributed by atoms with van der Waals surface area (Å²) in [5.41, 5.74) is 1.51. The van der Waals surface area contributed by atoms with Gasteiger partial charge in [0.15, 0.2) is 0 Å². The Morgan fingerprint density at radius 2 is 1.93 bits per heavy atom. The number of ketones is 1. The van der Waals surface area contributed by atoms with E-state index in [0.717, 1.165) is 37.7 Å². The van der Waals surface area contributed by atoms with E-state index in [9.17, 15) is 14.4 Å². The van der Waals surface area contributed by atoms with Crippen LogP contribution in [0.1, 0.15) is 66.2 Å². The number of hydrogen-bond acceptors (Lipinski definition) is 5. The van der Waals surface area contributed by atoms with E-state index in [1.54, 1.807) is 6.08 Å². The maximum Gasteiger partial charge on any atom is 0.330 e. The van der Waals surface area contributed by atoms with Crippen molar-refractivity contribution < 1.29 is 23.9 Å². The normalized spacial score (nSPS) is 33.2. The van der Waals surface area contributed by atoms with Crippen LogP contribution in [0.2, 0.25) is 0 Å². The molecule has 2 saturated carbocycles. The second kappa shape index (κ2) is 8.62. The molecule has 0 spiro atoms. The summed E-state index contributed by atoms with van der Waals surface area (Å²) >= 11 is 0. The van der Waals surface area contributed by atoms with Gasteiger partial charge in [-0.1, -0.05) is 24.6 Å². The lowest BCUT2D eigenvalue weighted by molar-refractivity contribution is -0.162. The minimum Gasteiger partial charge on any atom is -0.466 e. The lowest BCUT2D eigenvalue weighted by atomic mass is 9.46. The number of carbonyl (C=O) groups is 3. The van der Waals surface area contributed by atoms with Crippen molar-refractivity contribution in [3.63, 3.8) is 0 Å². The number of ether oxygens (including phenoxy) is 2. The minimum absolute atomic E-state index is 0.0658. The van der Waals surface area contributed by atoms with Crippen LogP contribution < -0.4 is 0 Å². The topological polar surface area (TPSA) is 69.7 Å². The fourth-order valence-electron chi connectivity index (χ4n) is 5.47.